The standard InChI is InChI=1S/C13H28N2O2/c1-4-16-11-13(12(2)3)14-5-6-15-7-9-17-10-8-15/h12-14H,4-11H2,1-3H3. The van der Waals surface area contributed by atoms with Crippen molar-refractivity contribution in [1.29, 1.82) is 0 Å². The average Bonchev–Trinajstić information content (AvgIpc) is 2.34. The van der Waals surface area contributed by atoms with Gasteiger partial charge >= 0.3 is 0 Å². The van der Waals surface area contributed by atoms with Crippen molar-refractivity contribution in [2.24, 2.45) is 5.92 Å². The van der Waals surface area contributed by atoms with Crippen molar-refractivity contribution in [2.75, 3.05) is 52.6 Å². The molecule has 4 nitrogen and oxygen atoms in total. The first kappa shape index (κ1) is 14.9. The highest BCUT2D eigenvalue weighted by molar-refractivity contribution is 4.71. The van der Waals surface area contributed by atoms with Gasteiger partial charge in [-0.05, 0) is 12.8 Å². The van der Waals surface area contributed by atoms with Crippen LogP contribution in [-0.4, -0.2) is 63.5 Å². The maximum absolute atomic E-state index is 5.50. The molecule has 102 valence electrons. The molecule has 1 aliphatic heterocycles. The molecule has 0 aromatic carbocycles. The van der Waals surface area contributed by atoms with Gasteiger partial charge in [-0.15, -0.1) is 0 Å². The van der Waals surface area contributed by atoms with E-state index in [4.69, 9.17) is 9.47 Å². The Kier molecular flexibility index (Phi) is 7.77. The highest BCUT2D eigenvalue weighted by Gasteiger charge is 2.14. The molecule has 1 heterocycles. The van der Waals surface area contributed by atoms with Crippen LogP contribution in [0.5, 0.6) is 0 Å². The maximum Gasteiger partial charge on any atom is 0.0621 e. The van der Waals surface area contributed by atoms with Crippen LogP contribution in [0.15, 0.2) is 0 Å². The summed E-state index contributed by atoms with van der Waals surface area (Å²) in [5.74, 6) is 0.617. The van der Waals surface area contributed by atoms with Crippen molar-refractivity contribution >= 4 is 0 Å². The summed E-state index contributed by atoms with van der Waals surface area (Å²) in [6, 6.07) is 0.469. The summed E-state index contributed by atoms with van der Waals surface area (Å²) in [6.07, 6.45) is 0. The lowest BCUT2D eigenvalue weighted by atomic mass is 10.1. The van der Waals surface area contributed by atoms with Gasteiger partial charge in [0, 0.05) is 38.8 Å². The first-order chi connectivity index (χ1) is 8.24. The van der Waals surface area contributed by atoms with Crippen molar-refractivity contribution in [1.82, 2.24) is 10.2 Å². The normalized spacial score (nSPS) is 19.8. The molecular weight excluding hydrogens is 216 g/mol. The fourth-order valence-electron chi connectivity index (χ4n) is 1.96. The van der Waals surface area contributed by atoms with E-state index in [0.29, 0.717) is 12.0 Å². The van der Waals surface area contributed by atoms with E-state index in [1.54, 1.807) is 0 Å². The fourth-order valence-corrected chi connectivity index (χ4v) is 1.96. The van der Waals surface area contributed by atoms with Crippen molar-refractivity contribution < 1.29 is 9.47 Å². The van der Waals surface area contributed by atoms with Crippen LogP contribution in [0.1, 0.15) is 20.8 Å². The predicted octanol–water partition coefficient (Wildman–Crippen LogP) is 0.969. The topological polar surface area (TPSA) is 33.7 Å². The predicted molar refractivity (Wildman–Crippen MR) is 70.4 cm³/mol. The average molecular weight is 244 g/mol. The molecule has 0 radical (unpaired) electrons. The van der Waals surface area contributed by atoms with Gasteiger partial charge in [-0.25, -0.2) is 0 Å². The number of ether oxygens (including phenoxy) is 2. The van der Waals surface area contributed by atoms with Crippen LogP contribution in [0.3, 0.4) is 0 Å². The van der Waals surface area contributed by atoms with E-state index >= 15 is 0 Å². The Hall–Kier alpha value is -0.160. The van der Waals surface area contributed by atoms with Gasteiger partial charge in [0.2, 0.25) is 0 Å². The second-order valence-electron chi connectivity index (χ2n) is 4.92. The van der Waals surface area contributed by atoms with E-state index < -0.39 is 0 Å². The van der Waals surface area contributed by atoms with E-state index in [0.717, 1.165) is 52.6 Å². The molecule has 0 amide bonds. The molecule has 0 aromatic heterocycles. The SMILES string of the molecule is CCOCC(NCCN1CCOCC1)C(C)C. The van der Waals surface area contributed by atoms with Gasteiger partial charge in [0.25, 0.3) is 0 Å². The van der Waals surface area contributed by atoms with Crippen LogP contribution in [0.4, 0.5) is 0 Å². The third-order valence-electron chi connectivity index (χ3n) is 3.24. The molecule has 4 heteroatoms. The molecule has 1 N–H and O–H groups in total. The molecule has 0 aliphatic carbocycles. The summed E-state index contributed by atoms with van der Waals surface area (Å²) in [6.45, 7) is 14.2. The first-order valence-corrected chi connectivity index (χ1v) is 6.85. The van der Waals surface area contributed by atoms with Gasteiger partial charge in [0.1, 0.15) is 0 Å². The molecule has 17 heavy (non-hydrogen) atoms. The fraction of sp³-hybridized carbons (Fsp3) is 1.00. The summed E-state index contributed by atoms with van der Waals surface area (Å²) in [7, 11) is 0. The largest absolute Gasteiger partial charge is 0.380 e. The highest BCUT2D eigenvalue weighted by Crippen LogP contribution is 2.02. The minimum absolute atomic E-state index is 0.469. The number of morpholine rings is 1. The molecule has 0 aromatic rings. The zero-order valence-electron chi connectivity index (χ0n) is 11.6. The maximum atomic E-state index is 5.50. The van der Waals surface area contributed by atoms with E-state index in [-0.39, 0.29) is 0 Å². The smallest absolute Gasteiger partial charge is 0.0621 e. The highest BCUT2D eigenvalue weighted by atomic mass is 16.5. The third-order valence-corrected chi connectivity index (χ3v) is 3.24. The van der Waals surface area contributed by atoms with Crippen LogP contribution in [0, 0.1) is 5.92 Å². The summed E-state index contributed by atoms with van der Waals surface area (Å²) >= 11 is 0. The number of nitrogens with one attached hydrogen (secondary N) is 1. The van der Waals surface area contributed by atoms with E-state index in [1.165, 1.54) is 0 Å². The Balaban J connectivity index is 2.12. The summed E-state index contributed by atoms with van der Waals surface area (Å²) in [5.41, 5.74) is 0. The Morgan fingerprint density at radius 2 is 2.00 bits per heavy atom. The van der Waals surface area contributed by atoms with Crippen LogP contribution in [0.2, 0.25) is 0 Å². The third kappa shape index (κ3) is 6.36. The monoisotopic (exact) mass is 244 g/mol. The van der Waals surface area contributed by atoms with E-state index in [9.17, 15) is 0 Å². The lowest BCUT2D eigenvalue weighted by Crippen LogP contribution is -2.45. The first-order valence-electron chi connectivity index (χ1n) is 6.85. The number of hydrogen-bond donors (Lipinski definition) is 1. The van der Waals surface area contributed by atoms with E-state index in [2.05, 4.69) is 24.1 Å². The Bertz CT molecular complexity index is 182. The molecule has 1 fully saturated rings. The lowest BCUT2D eigenvalue weighted by Gasteiger charge is -2.28. The second kappa shape index (κ2) is 8.86. The number of rotatable bonds is 8. The molecular formula is C13H28N2O2. The van der Waals surface area contributed by atoms with Gasteiger partial charge in [-0.3, -0.25) is 4.90 Å². The summed E-state index contributed by atoms with van der Waals surface area (Å²) in [4.78, 5) is 2.45. The summed E-state index contributed by atoms with van der Waals surface area (Å²) < 4.78 is 10.8. The van der Waals surface area contributed by atoms with Crippen molar-refractivity contribution in [3.8, 4) is 0 Å². The van der Waals surface area contributed by atoms with Gasteiger partial charge in [-0.1, -0.05) is 13.8 Å². The molecule has 1 atom stereocenters. The lowest BCUT2D eigenvalue weighted by molar-refractivity contribution is 0.0369. The minimum Gasteiger partial charge on any atom is -0.380 e. The molecule has 0 spiro atoms. The molecule has 0 bridgehead atoms. The van der Waals surface area contributed by atoms with Crippen LogP contribution < -0.4 is 5.32 Å². The Morgan fingerprint density at radius 3 is 2.59 bits per heavy atom. The molecule has 1 aliphatic rings. The van der Waals surface area contributed by atoms with E-state index in [1.807, 2.05) is 6.92 Å². The minimum atomic E-state index is 0.469. The summed E-state index contributed by atoms with van der Waals surface area (Å²) in [5, 5.41) is 3.59. The molecule has 1 unspecified atom stereocenters. The van der Waals surface area contributed by atoms with Crippen molar-refractivity contribution in [3.63, 3.8) is 0 Å². The van der Waals surface area contributed by atoms with Gasteiger partial charge in [0.15, 0.2) is 0 Å². The molecule has 1 saturated heterocycles. The zero-order chi connectivity index (χ0) is 12.5. The van der Waals surface area contributed by atoms with Crippen molar-refractivity contribution in [2.45, 2.75) is 26.8 Å². The number of nitrogens with zero attached hydrogens (tertiary/aromatic N) is 1. The van der Waals surface area contributed by atoms with Crippen LogP contribution in [-0.2, 0) is 9.47 Å². The molecule has 0 saturated carbocycles. The van der Waals surface area contributed by atoms with Gasteiger partial charge in [-0.2, -0.15) is 0 Å². The Labute approximate surface area is 106 Å². The van der Waals surface area contributed by atoms with Crippen molar-refractivity contribution in [3.05, 3.63) is 0 Å². The quantitative estimate of drug-likeness (QED) is 0.690. The van der Waals surface area contributed by atoms with Crippen LogP contribution in [0.25, 0.3) is 0 Å². The van der Waals surface area contributed by atoms with Gasteiger partial charge in [0.05, 0.1) is 19.8 Å². The second-order valence-corrected chi connectivity index (χ2v) is 4.92. The Morgan fingerprint density at radius 1 is 1.29 bits per heavy atom. The number of hydrogen-bond acceptors (Lipinski definition) is 4. The van der Waals surface area contributed by atoms with Crippen LogP contribution >= 0.6 is 0 Å². The van der Waals surface area contributed by atoms with Gasteiger partial charge < -0.3 is 14.8 Å². The molecule has 1 rings (SSSR count). The zero-order valence-corrected chi connectivity index (χ0v) is 11.6.